The molecule has 0 aliphatic rings. The molecule has 96 valence electrons. The Hall–Kier alpha value is -0.310. The van der Waals surface area contributed by atoms with Crippen molar-refractivity contribution in [3.05, 3.63) is 26.3 Å². The molecule has 1 rings (SSSR count). The zero-order valence-electron chi connectivity index (χ0n) is 8.69. The SMILES string of the molecule is N#Cc1ccc(N[C@@H](C(=O)O)[C@H](O)I)c(I)c1Cl. The average Bonchev–Trinajstić information content (AvgIpc) is 2.30. The number of nitriles is 1. The quantitative estimate of drug-likeness (QED) is 0.444. The molecule has 0 aliphatic carbocycles. The Morgan fingerprint density at radius 2 is 2.17 bits per heavy atom. The summed E-state index contributed by atoms with van der Waals surface area (Å²) in [6.45, 7) is 0. The summed E-state index contributed by atoms with van der Waals surface area (Å²) in [6, 6.07) is 3.83. The molecule has 0 fully saturated rings. The van der Waals surface area contributed by atoms with Crippen LogP contribution in [0.5, 0.6) is 0 Å². The van der Waals surface area contributed by atoms with Gasteiger partial charge < -0.3 is 15.5 Å². The van der Waals surface area contributed by atoms with Gasteiger partial charge in [-0.2, -0.15) is 5.26 Å². The lowest BCUT2D eigenvalue weighted by atomic mass is 10.2. The number of hydrogen-bond donors (Lipinski definition) is 3. The van der Waals surface area contributed by atoms with Gasteiger partial charge in [-0.1, -0.05) is 11.6 Å². The van der Waals surface area contributed by atoms with Crippen LogP contribution in [0.15, 0.2) is 12.1 Å². The third-order valence-electron chi connectivity index (χ3n) is 2.05. The van der Waals surface area contributed by atoms with Gasteiger partial charge in [0.2, 0.25) is 0 Å². The summed E-state index contributed by atoms with van der Waals surface area (Å²) >= 11 is 9.48. The third-order valence-corrected chi connectivity index (χ3v) is 4.61. The zero-order valence-corrected chi connectivity index (χ0v) is 13.8. The molecule has 8 heteroatoms. The normalized spacial score (nSPS) is 13.5. The minimum Gasteiger partial charge on any atom is -0.480 e. The van der Waals surface area contributed by atoms with Crippen LogP contribution in [-0.4, -0.2) is 26.3 Å². The second-order valence-electron chi connectivity index (χ2n) is 3.23. The Morgan fingerprint density at radius 3 is 2.61 bits per heavy atom. The first-order chi connectivity index (χ1) is 8.38. The fraction of sp³-hybridized carbons (Fsp3) is 0.200. The first kappa shape index (κ1) is 15.7. The third kappa shape index (κ3) is 3.59. The smallest absolute Gasteiger partial charge is 0.329 e. The van der Waals surface area contributed by atoms with Gasteiger partial charge in [-0.3, -0.25) is 0 Å². The van der Waals surface area contributed by atoms with Crippen LogP contribution in [0.4, 0.5) is 5.69 Å². The molecule has 0 unspecified atom stereocenters. The number of nitrogens with zero attached hydrogens (tertiary/aromatic N) is 1. The predicted molar refractivity (Wildman–Crippen MR) is 84.0 cm³/mol. The van der Waals surface area contributed by atoms with E-state index in [1.807, 2.05) is 28.7 Å². The zero-order chi connectivity index (χ0) is 13.9. The minimum absolute atomic E-state index is 0.259. The molecule has 0 bridgehead atoms. The maximum Gasteiger partial charge on any atom is 0.329 e. The van der Waals surface area contributed by atoms with Crippen LogP contribution in [0.3, 0.4) is 0 Å². The highest BCUT2D eigenvalue weighted by Gasteiger charge is 2.25. The van der Waals surface area contributed by atoms with Crippen LogP contribution in [0, 0.1) is 14.9 Å². The Bertz CT molecular complexity index is 517. The first-order valence-corrected chi connectivity index (χ1v) is 7.28. The van der Waals surface area contributed by atoms with E-state index < -0.39 is 16.1 Å². The highest BCUT2D eigenvalue weighted by atomic mass is 127. The van der Waals surface area contributed by atoms with Gasteiger partial charge in [-0.15, -0.1) is 0 Å². The lowest BCUT2D eigenvalue weighted by Gasteiger charge is -2.18. The second-order valence-corrected chi connectivity index (χ2v) is 5.97. The lowest BCUT2D eigenvalue weighted by Crippen LogP contribution is -2.37. The van der Waals surface area contributed by atoms with Gasteiger partial charge in [-0.05, 0) is 57.3 Å². The fourth-order valence-electron chi connectivity index (χ4n) is 1.16. The number of rotatable bonds is 4. The molecule has 0 radical (unpaired) electrons. The molecule has 0 aromatic heterocycles. The van der Waals surface area contributed by atoms with Gasteiger partial charge in [0.05, 0.1) is 14.2 Å². The second kappa shape index (κ2) is 6.74. The molecule has 1 aromatic carbocycles. The standard InChI is InChI=1S/C10H7ClI2N2O3/c11-6-4(3-14)1-2-5(7(6)12)15-8(9(13)16)10(17)18/h1-2,8-9,15-16H,(H,17,18)/t8-,9+/m1/s1. The summed E-state index contributed by atoms with van der Waals surface area (Å²) < 4.78 is -0.554. The molecule has 1 aromatic rings. The van der Waals surface area contributed by atoms with E-state index in [9.17, 15) is 9.90 Å². The van der Waals surface area contributed by atoms with Crippen molar-refractivity contribution >= 4 is 68.4 Å². The number of carboxylic acid groups (broad SMARTS) is 1. The number of carboxylic acids is 1. The topological polar surface area (TPSA) is 93.4 Å². The molecule has 3 N–H and O–H groups in total. The van der Waals surface area contributed by atoms with Crippen molar-refractivity contribution in [3.63, 3.8) is 0 Å². The Balaban J connectivity index is 3.09. The van der Waals surface area contributed by atoms with Crippen molar-refractivity contribution < 1.29 is 15.0 Å². The van der Waals surface area contributed by atoms with Crippen molar-refractivity contribution in [2.24, 2.45) is 0 Å². The molecule has 5 nitrogen and oxygen atoms in total. The average molecular weight is 492 g/mol. The number of aliphatic carboxylic acids is 1. The van der Waals surface area contributed by atoms with E-state index in [0.29, 0.717) is 14.8 Å². The van der Waals surface area contributed by atoms with Crippen LogP contribution < -0.4 is 5.32 Å². The lowest BCUT2D eigenvalue weighted by molar-refractivity contribution is -0.138. The summed E-state index contributed by atoms with van der Waals surface area (Å²) in [4.78, 5) is 10.9. The summed E-state index contributed by atoms with van der Waals surface area (Å²) in [7, 11) is 0. The number of nitrogens with one attached hydrogen (secondary N) is 1. The summed E-state index contributed by atoms with van der Waals surface area (Å²) in [5.41, 5.74) is 0.774. The van der Waals surface area contributed by atoms with Gasteiger partial charge >= 0.3 is 5.97 Å². The van der Waals surface area contributed by atoms with Crippen molar-refractivity contribution in [2.75, 3.05) is 5.32 Å². The predicted octanol–water partition coefficient (Wildman–Crippen LogP) is 2.43. The van der Waals surface area contributed by atoms with E-state index >= 15 is 0 Å². The fourth-order valence-corrected chi connectivity index (χ4v) is 2.48. The Labute approximate surface area is 135 Å². The van der Waals surface area contributed by atoms with Crippen LogP contribution >= 0.6 is 56.8 Å². The van der Waals surface area contributed by atoms with Gasteiger partial charge in [0.1, 0.15) is 10.2 Å². The van der Waals surface area contributed by atoms with Gasteiger partial charge in [-0.25, -0.2) is 4.79 Å². The molecule has 0 spiro atoms. The number of alkyl halides is 1. The summed E-state index contributed by atoms with van der Waals surface area (Å²) in [5, 5.41) is 30.0. The van der Waals surface area contributed by atoms with E-state index in [1.54, 1.807) is 28.7 Å². The van der Waals surface area contributed by atoms with E-state index in [2.05, 4.69) is 5.32 Å². The number of carbonyl (C=O) groups is 1. The van der Waals surface area contributed by atoms with E-state index in [-0.39, 0.29) is 5.02 Å². The Kier molecular flexibility index (Phi) is 5.90. The largest absolute Gasteiger partial charge is 0.480 e. The maximum absolute atomic E-state index is 10.9. The first-order valence-electron chi connectivity index (χ1n) is 4.58. The molecule has 0 saturated carbocycles. The van der Waals surface area contributed by atoms with E-state index in [4.69, 9.17) is 22.0 Å². The Morgan fingerprint density at radius 1 is 1.56 bits per heavy atom. The number of aliphatic hydroxyl groups is 1. The van der Waals surface area contributed by atoms with E-state index in [1.165, 1.54) is 6.07 Å². The van der Waals surface area contributed by atoms with Gasteiger partial charge in [0.25, 0.3) is 0 Å². The molecule has 0 aliphatic heterocycles. The molecule has 2 atom stereocenters. The summed E-state index contributed by atoms with van der Waals surface area (Å²) in [6.07, 6.45) is 0. The van der Waals surface area contributed by atoms with Crippen molar-refractivity contribution in [1.29, 1.82) is 5.26 Å². The molecule has 0 heterocycles. The minimum atomic E-state index is -1.17. The van der Waals surface area contributed by atoms with Crippen LogP contribution in [0.1, 0.15) is 5.56 Å². The number of anilines is 1. The number of aliphatic hydroxyl groups excluding tert-OH is 1. The van der Waals surface area contributed by atoms with Crippen molar-refractivity contribution in [1.82, 2.24) is 0 Å². The van der Waals surface area contributed by atoms with Crippen molar-refractivity contribution in [2.45, 2.75) is 10.2 Å². The summed E-state index contributed by atoms with van der Waals surface area (Å²) in [5.74, 6) is -1.17. The molecule has 18 heavy (non-hydrogen) atoms. The van der Waals surface area contributed by atoms with Gasteiger partial charge in [0, 0.05) is 5.69 Å². The van der Waals surface area contributed by atoms with Crippen molar-refractivity contribution in [3.8, 4) is 6.07 Å². The van der Waals surface area contributed by atoms with Crippen LogP contribution in [-0.2, 0) is 4.79 Å². The maximum atomic E-state index is 10.9. The molecule has 0 saturated heterocycles. The monoisotopic (exact) mass is 492 g/mol. The molecular formula is C10H7ClI2N2O3. The van der Waals surface area contributed by atoms with Crippen LogP contribution in [0.25, 0.3) is 0 Å². The molecule has 0 amide bonds. The number of benzene rings is 1. The highest BCUT2D eigenvalue weighted by Crippen LogP contribution is 2.30. The highest BCUT2D eigenvalue weighted by molar-refractivity contribution is 14.1. The van der Waals surface area contributed by atoms with Gasteiger partial charge in [0.15, 0.2) is 6.04 Å². The van der Waals surface area contributed by atoms with E-state index in [0.717, 1.165) is 0 Å². The van der Waals surface area contributed by atoms with Crippen LogP contribution in [0.2, 0.25) is 5.02 Å². The number of halogens is 3. The number of hydrogen-bond acceptors (Lipinski definition) is 4. The molecular weight excluding hydrogens is 485 g/mol.